The Morgan fingerprint density at radius 3 is 3.00 bits per heavy atom. The first-order chi connectivity index (χ1) is 10.7. The summed E-state index contributed by atoms with van der Waals surface area (Å²) < 4.78 is 2.11. The van der Waals surface area contributed by atoms with Crippen LogP contribution in [0.1, 0.15) is 24.7 Å². The summed E-state index contributed by atoms with van der Waals surface area (Å²) in [6, 6.07) is 2.15. The SMILES string of the molecule is CCC(=O)NCc1cc2n(n1)CCN(CC1[C@H]3CNC[C@@H]13)C2. The summed E-state index contributed by atoms with van der Waals surface area (Å²) in [5.74, 6) is 2.87. The van der Waals surface area contributed by atoms with E-state index in [1.807, 2.05) is 6.92 Å². The maximum atomic E-state index is 11.3. The minimum absolute atomic E-state index is 0.0847. The molecule has 1 aromatic rings. The number of hydrogen-bond donors (Lipinski definition) is 2. The summed E-state index contributed by atoms with van der Waals surface area (Å²) in [5, 5.41) is 11.0. The molecule has 1 amide bonds. The summed E-state index contributed by atoms with van der Waals surface area (Å²) in [6.45, 7) is 9.17. The van der Waals surface area contributed by atoms with Gasteiger partial charge in [-0.2, -0.15) is 5.10 Å². The number of nitrogens with zero attached hydrogens (tertiary/aromatic N) is 3. The number of aromatic nitrogens is 2. The van der Waals surface area contributed by atoms with E-state index in [0.29, 0.717) is 13.0 Å². The Balaban J connectivity index is 1.32. The Labute approximate surface area is 131 Å². The molecule has 1 saturated carbocycles. The average Bonchev–Trinajstić information content (AvgIpc) is 2.93. The van der Waals surface area contributed by atoms with Crippen LogP contribution in [0.2, 0.25) is 0 Å². The third-order valence-corrected chi connectivity index (χ3v) is 5.45. The molecule has 1 aromatic heterocycles. The summed E-state index contributed by atoms with van der Waals surface area (Å²) in [5.41, 5.74) is 2.27. The number of amides is 1. The summed E-state index contributed by atoms with van der Waals surface area (Å²) in [4.78, 5) is 13.9. The van der Waals surface area contributed by atoms with Gasteiger partial charge in [0.1, 0.15) is 0 Å². The van der Waals surface area contributed by atoms with Crippen molar-refractivity contribution in [2.24, 2.45) is 17.8 Å². The Kier molecular flexibility index (Phi) is 3.66. The Morgan fingerprint density at radius 2 is 2.23 bits per heavy atom. The minimum atomic E-state index is 0.0847. The lowest BCUT2D eigenvalue weighted by Crippen LogP contribution is -2.36. The van der Waals surface area contributed by atoms with E-state index in [-0.39, 0.29) is 5.91 Å². The first-order valence-corrected chi connectivity index (χ1v) is 8.50. The first-order valence-electron chi connectivity index (χ1n) is 8.50. The van der Waals surface area contributed by atoms with Gasteiger partial charge in [-0.15, -0.1) is 0 Å². The molecule has 1 unspecified atom stereocenters. The van der Waals surface area contributed by atoms with E-state index in [0.717, 1.165) is 43.1 Å². The molecular weight excluding hydrogens is 278 g/mol. The second kappa shape index (κ2) is 5.66. The van der Waals surface area contributed by atoms with Crippen molar-refractivity contribution in [2.75, 3.05) is 26.2 Å². The van der Waals surface area contributed by atoms with Crippen molar-refractivity contribution in [3.05, 3.63) is 17.5 Å². The molecule has 120 valence electrons. The number of carbonyl (C=O) groups is 1. The zero-order chi connectivity index (χ0) is 15.1. The molecule has 22 heavy (non-hydrogen) atoms. The lowest BCUT2D eigenvalue weighted by Gasteiger charge is -2.28. The molecule has 2 N–H and O–H groups in total. The quantitative estimate of drug-likeness (QED) is 0.815. The highest BCUT2D eigenvalue weighted by Crippen LogP contribution is 2.49. The molecule has 2 fully saturated rings. The second-order valence-electron chi connectivity index (χ2n) is 6.87. The number of fused-ring (bicyclic) bond motifs is 2. The Hall–Kier alpha value is -1.40. The molecule has 0 spiro atoms. The maximum absolute atomic E-state index is 11.3. The fourth-order valence-corrected chi connectivity index (χ4v) is 4.05. The molecule has 0 bridgehead atoms. The van der Waals surface area contributed by atoms with Crippen LogP contribution in [0, 0.1) is 17.8 Å². The predicted octanol–water partition coefficient (Wildman–Crippen LogP) is 0.190. The van der Waals surface area contributed by atoms with Crippen LogP contribution in [-0.4, -0.2) is 46.8 Å². The van der Waals surface area contributed by atoms with Crippen LogP contribution in [0.15, 0.2) is 6.07 Å². The summed E-state index contributed by atoms with van der Waals surface area (Å²) in [7, 11) is 0. The topological polar surface area (TPSA) is 62.2 Å². The van der Waals surface area contributed by atoms with Crippen molar-refractivity contribution in [1.29, 1.82) is 0 Å². The van der Waals surface area contributed by atoms with Gasteiger partial charge in [-0.05, 0) is 36.9 Å². The van der Waals surface area contributed by atoms with Crippen LogP contribution < -0.4 is 10.6 Å². The lowest BCUT2D eigenvalue weighted by molar-refractivity contribution is -0.120. The Bertz CT molecular complexity index is 559. The molecule has 3 atom stereocenters. The van der Waals surface area contributed by atoms with Gasteiger partial charge in [0, 0.05) is 26.1 Å². The summed E-state index contributed by atoms with van der Waals surface area (Å²) >= 11 is 0. The number of hydrogen-bond acceptors (Lipinski definition) is 4. The minimum Gasteiger partial charge on any atom is -0.350 e. The maximum Gasteiger partial charge on any atom is 0.220 e. The molecule has 6 heteroatoms. The average molecular weight is 303 g/mol. The van der Waals surface area contributed by atoms with Crippen LogP contribution in [0.25, 0.3) is 0 Å². The molecule has 6 nitrogen and oxygen atoms in total. The zero-order valence-electron chi connectivity index (χ0n) is 13.2. The number of carbonyl (C=O) groups excluding carboxylic acids is 1. The fourth-order valence-electron chi connectivity index (χ4n) is 4.05. The standard InChI is InChI=1S/C16H25N5O/c1-2-16(22)18-6-11-5-12-9-20(3-4-21(12)19-11)10-15-13-7-17-8-14(13)15/h5,13-15,17H,2-4,6-10H2,1H3,(H,18,22)/t13-,14+,15?. The second-order valence-corrected chi connectivity index (χ2v) is 6.87. The molecule has 1 saturated heterocycles. The van der Waals surface area contributed by atoms with Crippen LogP contribution >= 0.6 is 0 Å². The van der Waals surface area contributed by atoms with Crippen LogP contribution in [0.5, 0.6) is 0 Å². The molecule has 0 aromatic carbocycles. The van der Waals surface area contributed by atoms with Gasteiger partial charge in [0.05, 0.1) is 24.5 Å². The van der Waals surface area contributed by atoms with Crippen molar-refractivity contribution < 1.29 is 4.79 Å². The van der Waals surface area contributed by atoms with Crippen molar-refractivity contribution in [1.82, 2.24) is 25.3 Å². The van der Waals surface area contributed by atoms with Crippen LogP contribution in [-0.2, 0) is 24.4 Å². The van der Waals surface area contributed by atoms with E-state index in [2.05, 4.69) is 31.4 Å². The van der Waals surface area contributed by atoms with E-state index < -0.39 is 0 Å². The predicted molar refractivity (Wildman–Crippen MR) is 83.0 cm³/mol. The third-order valence-electron chi connectivity index (χ3n) is 5.45. The zero-order valence-corrected chi connectivity index (χ0v) is 13.2. The third kappa shape index (κ3) is 2.65. The lowest BCUT2D eigenvalue weighted by atomic mass is 10.2. The highest BCUT2D eigenvalue weighted by Gasteiger charge is 2.52. The van der Waals surface area contributed by atoms with Crippen molar-refractivity contribution >= 4 is 5.91 Å². The number of piperidine rings is 1. The fraction of sp³-hybridized carbons (Fsp3) is 0.750. The van der Waals surface area contributed by atoms with E-state index in [4.69, 9.17) is 0 Å². The molecular formula is C16H25N5O. The largest absolute Gasteiger partial charge is 0.350 e. The summed E-state index contributed by atoms with van der Waals surface area (Å²) in [6.07, 6.45) is 0.528. The molecule has 3 aliphatic rings. The van der Waals surface area contributed by atoms with E-state index in [1.165, 1.54) is 25.3 Å². The van der Waals surface area contributed by atoms with Crippen molar-refractivity contribution in [2.45, 2.75) is 33.0 Å². The highest BCUT2D eigenvalue weighted by molar-refractivity contribution is 5.75. The van der Waals surface area contributed by atoms with E-state index in [9.17, 15) is 4.79 Å². The van der Waals surface area contributed by atoms with Crippen LogP contribution in [0.3, 0.4) is 0 Å². The van der Waals surface area contributed by atoms with Gasteiger partial charge in [-0.3, -0.25) is 14.4 Å². The van der Waals surface area contributed by atoms with Gasteiger partial charge in [0.15, 0.2) is 0 Å². The molecule has 4 rings (SSSR count). The monoisotopic (exact) mass is 303 g/mol. The highest BCUT2D eigenvalue weighted by atomic mass is 16.1. The van der Waals surface area contributed by atoms with Gasteiger partial charge in [0.2, 0.25) is 5.91 Å². The van der Waals surface area contributed by atoms with Crippen molar-refractivity contribution in [3.8, 4) is 0 Å². The normalized spacial score (nSPS) is 30.0. The van der Waals surface area contributed by atoms with Gasteiger partial charge in [-0.1, -0.05) is 6.92 Å². The molecule has 3 heterocycles. The van der Waals surface area contributed by atoms with Gasteiger partial charge >= 0.3 is 0 Å². The van der Waals surface area contributed by atoms with Gasteiger partial charge in [0.25, 0.3) is 0 Å². The van der Waals surface area contributed by atoms with E-state index in [1.54, 1.807) is 0 Å². The number of rotatable bonds is 5. The molecule has 0 radical (unpaired) electrons. The smallest absolute Gasteiger partial charge is 0.220 e. The molecule has 2 aliphatic heterocycles. The van der Waals surface area contributed by atoms with Crippen molar-refractivity contribution in [3.63, 3.8) is 0 Å². The van der Waals surface area contributed by atoms with Gasteiger partial charge in [-0.25, -0.2) is 0 Å². The van der Waals surface area contributed by atoms with E-state index >= 15 is 0 Å². The van der Waals surface area contributed by atoms with Crippen LogP contribution in [0.4, 0.5) is 0 Å². The molecule has 1 aliphatic carbocycles. The Morgan fingerprint density at radius 1 is 1.41 bits per heavy atom. The van der Waals surface area contributed by atoms with Gasteiger partial charge < -0.3 is 10.6 Å². The number of nitrogens with one attached hydrogen (secondary N) is 2. The first kappa shape index (κ1) is 14.2.